The molecule has 1 aliphatic heterocycles. The Morgan fingerprint density at radius 1 is 1.12 bits per heavy atom. The van der Waals surface area contributed by atoms with Crippen LogP contribution in [0, 0.1) is 6.92 Å². The van der Waals surface area contributed by atoms with E-state index in [9.17, 15) is 31.1 Å². The van der Waals surface area contributed by atoms with Gasteiger partial charge in [0.1, 0.15) is 11.5 Å². The number of carbonyl (C=O) groups is 1. The maximum Gasteiger partial charge on any atom is 0.468 e. The van der Waals surface area contributed by atoms with Crippen LogP contribution in [0.5, 0.6) is 0 Å². The Balaban J connectivity index is 0.000000195. The second-order valence-corrected chi connectivity index (χ2v) is 6.75. The Hall–Kier alpha value is -3.45. The standard InChI is InChI=1S/C12H11F3N4.C6H5F3N2O2/c13-12(14,15)9-7-8(4-5-16-9)11-17-10-3-1-2-6-19(10)18-11;1-2-3(4(10)12)13-5(11-2)6(7,8)9/h4-5,7H,1-3,6H2;1H3,(H2,10,12). The molecular formula is C18H16F6N6O2. The number of hydrogen-bond donors (Lipinski definition) is 1. The Morgan fingerprint density at radius 2 is 1.84 bits per heavy atom. The van der Waals surface area contributed by atoms with Crippen molar-refractivity contribution < 1.29 is 35.6 Å². The third-order valence-electron chi connectivity index (χ3n) is 4.34. The number of alkyl halides is 6. The van der Waals surface area contributed by atoms with Gasteiger partial charge in [-0.2, -0.15) is 31.4 Å². The molecule has 0 bridgehead atoms. The van der Waals surface area contributed by atoms with Crippen LogP contribution in [-0.2, 0) is 25.3 Å². The lowest BCUT2D eigenvalue weighted by atomic mass is 10.2. The minimum atomic E-state index is -4.70. The van der Waals surface area contributed by atoms with Crippen molar-refractivity contribution in [3.05, 3.63) is 47.2 Å². The van der Waals surface area contributed by atoms with Crippen molar-refractivity contribution in [3.8, 4) is 11.4 Å². The molecule has 0 saturated carbocycles. The molecule has 0 radical (unpaired) electrons. The summed E-state index contributed by atoms with van der Waals surface area (Å²) in [6.45, 7) is 1.98. The first-order valence-electron chi connectivity index (χ1n) is 9.18. The van der Waals surface area contributed by atoms with Crippen molar-refractivity contribution in [1.29, 1.82) is 0 Å². The Labute approximate surface area is 176 Å². The smallest absolute Gasteiger partial charge is 0.427 e. The van der Waals surface area contributed by atoms with E-state index in [2.05, 4.69) is 24.5 Å². The van der Waals surface area contributed by atoms with Gasteiger partial charge in [0, 0.05) is 24.7 Å². The van der Waals surface area contributed by atoms with E-state index in [0.717, 1.165) is 43.9 Å². The molecule has 0 aromatic carbocycles. The second-order valence-electron chi connectivity index (χ2n) is 6.75. The van der Waals surface area contributed by atoms with Gasteiger partial charge in [0.2, 0.25) is 5.76 Å². The quantitative estimate of drug-likeness (QED) is 0.580. The van der Waals surface area contributed by atoms with Crippen LogP contribution in [0.2, 0.25) is 0 Å². The molecular weight excluding hydrogens is 446 g/mol. The highest BCUT2D eigenvalue weighted by atomic mass is 19.4. The zero-order valence-corrected chi connectivity index (χ0v) is 16.5. The SMILES string of the molecule is Cc1nc(C(F)(F)F)oc1C(N)=O.FC(F)(F)c1cc(-c2nc3n(n2)CCCC3)ccn1. The van der Waals surface area contributed by atoms with Gasteiger partial charge in [-0.15, -0.1) is 0 Å². The lowest BCUT2D eigenvalue weighted by Crippen LogP contribution is -2.11. The zero-order chi connectivity index (χ0) is 23.7. The number of halogens is 6. The van der Waals surface area contributed by atoms with Crippen molar-refractivity contribution in [3.63, 3.8) is 0 Å². The van der Waals surface area contributed by atoms with Crippen LogP contribution in [0.25, 0.3) is 11.4 Å². The van der Waals surface area contributed by atoms with Gasteiger partial charge in [-0.1, -0.05) is 0 Å². The summed E-state index contributed by atoms with van der Waals surface area (Å²) in [4.78, 5) is 21.1. The average Bonchev–Trinajstić information content (AvgIpc) is 3.31. The Bertz CT molecular complexity index is 1090. The predicted octanol–water partition coefficient (Wildman–Crippen LogP) is 3.80. The van der Waals surface area contributed by atoms with Gasteiger partial charge in [0.25, 0.3) is 5.91 Å². The van der Waals surface area contributed by atoms with Crippen LogP contribution in [0.4, 0.5) is 26.3 Å². The van der Waals surface area contributed by atoms with Crippen molar-refractivity contribution in [2.75, 3.05) is 0 Å². The first kappa shape index (κ1) is 23.2. The molecule has 0 atom stereocenters. The van der Waals surface area contributed by atoms with E-state index in [-0.39, 0.29) is 5.69 Å². The molecule has 8 nitrogen and oxygen atoms in total. The van der Waals surface area contributed by atoms with Crippen LogP contribution in [0.15, 0.2) is 22.7 Å². The molecule has 4 heterocycles. The summed E-state index contributed by atoms with van der Waals surface area (Å²) < 4.78 is 79.5. The van der Waals surface area contributed by atoms with Crippen molar-refractivity contribution >= 4 is 5.91 Å². The summed E-state index contributed by atoms with van der Waals surface area (Å²) in [6.07, 6.45) is -5.11. The minimum absolute atomic E-state index is 0.167. The van der Waals surface area contributed by atoms with Gasteiger partial charge >= 0.3 is 18.2 Å². The van der Waals surface area contributed by atoms with E-state index in [0.29, 0.717) is 11.4 Å². The summed E-state index contributed by atoms with van der Waals surface area (Å²) in [5.74, 6) is -1.91. The first-order valence-corrected chi connectivity index (χ1v) is 9.18. The number of oxazole rings is 1. The van der Waals surface area contributed by atoms with Gasteiger partial charge in [-0.05, 0) is 31.9 Å². The number of pyridine rings is 1. The van der Waals surface area contributed by atoms with E-state index >= 15 is 0 Å². The molecule has 1 amide bonds. The van der Waals surface area contributed by atoms with Gasteiger partial charge in [0.05, 0.1) is 5.69 Å². The largest absolute Gasteiger partial charge is 0.468 e. The van der Waals surface area contributed by atoms with Gasteiger partial charge in [-0.3, -0.25) is 9.78 Å². The number of primary amides is 1. The lowest BCUT2D eigenvalue weighted by Gasteiger charge is -2.09. The molecule has 172 valence electrons. The number of aryl methyl sites for hydroxylation is 3. The summed E-state index contributed by atoms with van der Waals surface area (Å²) in [5.41, 5.74) is 4.00. The van der Waals surface area contributed by atoms with E-state index < -0.39 is 35.6 Å². The number of fused-ring (bicyclic) bond motifs is 1. The molecule has 0 spiro atoms. The lowest BCUT2D eigenvalue weighted by molar-refractivity contribution is -0.157. The van der Waals surface area contributed by atoms with Crippen LogP contribution < -0.4 is 5.73 Å². The van der Waals surface area contributed by atoms with Gasteiger partial charge in [0.15, 0.2) is 5.82 Å². The van der Waals surface area contributed by atoms with Crippen molar-refractivity contribution in [2.45, 2.75) is 45.1 Å². The third-order valence-corrected chi connectivity index (χ3v) is 4.34. The normalized spacial score (nSPS) is 13.8. The first-order chi connectivity index (χ1) is 14.9. The minimum Gasteiger partial charge on any atom is -0.427 e. The highest BCUT2D eigenvalue weighted by Crippen LogP contribution is 2.30. The fraction of sp³-hybridized carbons (Fsp3) is 0.389. The number of hydrogen-bond acceptors (Lipinski definition) is 6. The number of nitrogens with zero attached hydrogens (tertiary/aromatic N) is 5. The molecule has 3 aromatic rings. The topological polar surface area (TPSA) is 113 Å². The number of aromatic nitrogens is 5. The highest BCUT2D eigenvalue weighted by molar-refractivity contribution is 5.90. The molecule has 0 fully saturated rings. The Morgan fingerprint density at radius 3 is 2.38 bits per heavy atom. The van der Waals surface area contributed by atoms with Crippen LogP contribution in [0.3, 0.4) is 0 Å². The average molecular weight is 462 g/mol. The molecule has 0 saturated heterocycles. The molecule has 4 rings (SSSR count). The summed E-state index contributed by atoms with van der Waals surface area (Å²) >= 11 is 0. The number of carbonyl (C=O) groups excluding carboxylic acids is 1. The maximum absolute atomic E-state index is 12.6. The maximum atomic E-state index is 12.6. The monoisotopic (exact) mass is 462 g/mol. The van der Waals surface area contributed by atoms with Crippen molar-refractivity contribution in [2.24, 2.45) is 5.73 Å². The zero-order valence-electron chi connectivity index (χ0n) is 16.5. The van der Waals surface area contributed by atoms with Crippen molar-refractivity contribution in [1.82, 2.24) is 24.7 Å². The van der Waals surface area contributed by atoms with E-state index in [1.54, 1.807) is 4.68 Å². The van der Waals surface area contributed by atoms with E-state index in [4.69, 9.17) is 5.73 Å². The van der Waals surface area contributed by atoms with Crippen LogP contribution in [0.1, 0.15) is 46.5 Å². The molecule has 1 aliphatic rings. The number of amides is 1. The van der Waals surface area contributed by atoms with Gasteiger partial charge in [-0.25, -0.2) is 14.6 Å². The third kappa shape index (κ3) is 5.23. The molecule has 0 unspecified atom stereocenters. The van der Waals surface area contributed by atoms with Gasteiger partial charge < -0.3 is 10.2 Å². The molecule has 0 aliphatic carbocycles. The summed E-state index contributed by atoms with van der Waals surface area (Å²) in [7, 11) is 0. The number of nitrogens with two attached hydrogens (primary N) is 1. The predicted molar refractivity (Wildman–Crippen MR) is 96.0 cm³/mol. The van der Waals surface area contributed by atoms with Crippen LogP contribution in [-0.4, -0.2) is 30.6 Å². The summed E-state index contributed by atoms with van der Waals surface area (Å²) in [6, 6.07) is 2.48. The Kier molecular flexibility index (Phi) is 6.23. The molecule has 2 N–H and O–H groups in total. The number of rotatable bonds is 2. The second kappa shape index (κ2) is 8.59. The summed E-state index contributed by atoms with van der Waals surface area (Å²) in [5, 5.41) is 4.25. The van der Waals surface area contributed by atoms with Crippen LogP contribution >= 0.6 is 0 Å². The fourth-order valence-corrected chi connectivity index (χ4v) is 2.88. The fourth-order valence-electron chi connectivity index (χ4n) is 2.88. The molecule has 3 aromatic heterocycles. The molecule has 14 heteroatoms. The molecule has 32 heavy (non-hydrogen) atoms. The van der Waals surface area contributed by atoms with E-state index in [1.165, 1.54) is 13.0 Å². The van der Waals surface area contributed by atoms with E-state index in [1.807, 2.05) is 0 Å². The highest BCUT2D eigenvalue weighted by Gasteiger charge is 2.38.